The number of rotatable bonds is 8. The van der Waals surface area contributed by atoms with Gasteiger partial charge in [-0.2, -0.15) is 0 Å². The average molecular weight is 276 g/mol. The van der Waals surface area contributed by atoms with Crippen LogP contribution < -0.4 is 10.6 Å². The summed E-state index contributed by atoms with van der Waals surface area (Å²) in [5.41, 5.74) is 4.56. The molecule has 0 bridgehead atoms. The predicted molar refractivity (Wildman–Crippen MR) is 89.4 cm³/mol. The van der Waals surface area contributed by atoms with Gasteiger partial charge in [-0.05, 0) is 41.8 Å². The lowest BCUT2D eigenvalue weighted by molar-refractivity contribution is 0.974. The Morgan fingerprint density at radius 2 is 1.05 bits per heavy atom. The van der Waals surface area contributed by atoms with E-state index in [1.54, 1.807) is 12.2 Å². The van der Waals surface area contributed by atoms with Gasteiger partial charge < -0.3 is 0 Å². The molecule has 0 amide bonds. The first-order chi connectivity index (χ1) is 10.3. The maximum absolute atomic E-state index is 4.37. The molecule has 106 valence electrons. The molecule has 2 aromatic carbocycles. The van der Waals surface area contributed by atoms with Crippen molar-refractivity contribution in [2.75, 3.05) is 13.1 Å². The Balaban J connectivity index is 1.94. The Morgan fingerprint density at radius 3 is 1.38 bits per heavy atom. The van der Waals surface area contributed by atoms with Crippen LogP contribution >= 0.6 is 0 Å². The molecule has 0 spiro atoms. The highest BCUT2D eigenvalue weighted by Gasteiger charge is 1.99. The van der Waals surface area contributed by atoms with Gasteiger partial charge in [-0.15, -0.1) is 13.2 Å². The third-order valence-electron chi connectivity index (χ3n) is 3.09. The maximum atomic E-state index is 4.37. The van der Waals surface area contributed by atoms with Crippen molar-refractivity contribution in [1.29, 1.82) is 0 Å². The van der Waals surface area contributed by atoms with Crippen molar-refractivity contribution in [2.24, 2.45) is 0 Å². The van der Waals surface area contributed by atoms with E-state index in [-0.39, 0.29) is 0 Å². The summed E-state index contributed by atoms with van der Waals surface area (Å²) < 4.78 is 0. The zero-order valence-corrected chi connectivity index (χ0v) is 12.2. The van der Waals surface area contributed by atoms with Gasteiger partial charge >= 0.3 is 0 Å². The molecule has 2 aromatic rings. The number of nitrogens with zero attached hydrogens (tertiary/aromatic N) is 2. The van der Waals surface area contributed by atoms with E-state index in [4.69, 9.17) is 0 Å². The van der Waals surface area contributed by atoms with Crippen LogP contribution in [0.5, 0.6) is 0 Å². The van der Waals surface area contributed by atoms with Crippen LogP contribution in [0.4, 0.5) is 11.4 Å². The molecule has 0 fully saturated rings. The summed E-state index contributed by atoms with van der Waals surface area (Å²) in [5.74, 6) is 0. The lowest BCUT2D eigenvalue weighted by atomic mass is 10.0. The number of benzene rings is 2. The van der Waals surface area contributed by atoms with Gasteiger partial charge in [0.05, 0.1) is 24.5 Å². The molecule has 0 heterocycles. The molecule has 0 atom stereocenters. The van der Waals surface area contributed by atoms with E-state index in [1.165, 1.54) is 11.1 Å². The van der Waals surface area contributed by atoms with Crippen molar-refractivity contribution in [1.82, 2.24) is 10.6 Å². The summed E-state index contributed by atoms with van der Waals surface area (Å²) in [4.78, 5) is 0. The quantitative estimate of drug-likeness (QED) is 0.649. The third-order valence-corrected chi connectivity index (χ3v) is 3.09. The first-order valence-electron chi connectivity index (χ1n) is 7.06. The molecule has 0 aliphatic rings. The van der Waals surface area contributed by atoms with Crippen LogP contribution in [0.15, 0.2) is 73.8 Å². The Labute approximate surface area is 127 Å². The van der Waals surface area contributed by atoms with E-state index in [0.29, 0.717) is 13.1 Å². The van der Waals surface area contributed by atoms with Crippen LogP contribution in [-0.4, -0.2) is 13.1 Å². The lowest BCUT2D eigenvalue weighted by Gasteiger charge is -2.06. The van der Waals surface area contributed by atoms with Gasteiger partial charge in [0.15, 0.2) is 0 Å². The second-order valence-electron chi connectivity index (χ2n) is 4.77. The maximum Gasteiger partial charge on any atom is 0.0578 e. The molecule has 2 nitrogen and oxygen atoms in total. The molecule has 2 radical (unpaired) electrons. The first-order valence-corrected chi connectivity index (χ1v) is 7.06. The average Bonchev–Trinajstić information content (AvgIpc) is 2.53. The summed E-state index contributed by atoms with van der Waals surface area (Å²) in [6.45, 7) is 8.66. The SMILES string of the molecule is C=CC[N]c1ccc(Cc2ccc([N]CC=C)cc2)cc1. The predicted octanol–water partition coefficient (Wildman–Crippen LogP) is 4.12. The molecule has 0 unspecified atom stereocenters. The van der Waals surface area contributed by atoms with E-state index < -0.39 is 0 Å². The monoisotopic (exact) mass is 276 g/mol. The topological polar surface area (TPSA) is 28.2 Å². The lowest BCUT2D eigenvalue weighted by Crippen LogP contribution is -1.97. The fraction of sp³-hybridized carbons (Fsp3) is 0.158. The van der Waals surface area contributed by atoms with E-state index >= 15 is 0 Å². The van der Waals surface area contributed by atoms with E-state index in [1.807, 2.05) is 24.3 Å². The number of hydrogen-bond acceptors (Lipinski definition) is 0. The minimum Gasteiger partial charge on any atom is -0.281 e. The molecule has 0 N–H and O–H groups in total. The van der Waals surface area contributed by atoms with Crippen molar-refractivity contribution in [3.05, 3.63) is 85.0 Å². The van der Waals surface area contributed by atoms with Crippen molar-refractivity contribution in [3.63, 3.8) is 0 Å². The first kappa shape index (κ1) is 14.9. The highest BCUT2D eigenvalue weighted by molar-refractivity contribution is 5.42. The molecule has 2 rings (SSSR count). The van der Waals surface area contributed by atoms with Gasteiger partial charge in [0.2, 0.25) is 0 Å². The number of hydrogen-bond donors (Lipinski definition) is 0. The van der Waals surface area contributed by atoms with Crippen LogP contribution in [-0.2, 0) is 6.42 Å². The second-order valence-corrected chi connectivity index (χ2v) is 4.77. The molecule has 0 saturated heterocycles. The molecular weight excluding hydrogens is 256 g/mol. The minimum atomic E-state index is 0.662. The molecule has 0 aromatic heterocycles. The standard InChI is InChI=1S/C19H20N2/c1-3-13-20-18-9-5-16(6-10-18)15-17-7-11-19(12-8-17)21-14-4-2/h3-12H,1-2,13-15H2. The van der Waals surface area contributed by atoms with Crippen molar-refractivity contribution < 1.29 is 0 Å². The molecule has 21 heavy (non-hydrogen) atoms. The molecular formula is C19H20N2. The zero-order chi connectivity index (χ0) is 14.9. The molecule has 0 saturated carbocycles. The second kappa shape index (κ2) is 7.95. The summed E-state index contributed by atoms with van der Waals surface area (Å²) in [5, 5.41) is 8.75. The van der Waals surface area contributed by atoms with Crippen LogP contribution in [0.3, 0.4) is 0 Å². The van der Waals surface area contributed by atoms with Gasteiger partial charge in [0.25, 0.3) is 0 Å². The van der Waals surface area contributed by atoms with Gasteiger partial charge in [-0.3, -0.25) is 10.6 Å². The van der Waals surface area contributed by atoms with E-state index in [0.717, 1.165) is 17.8 Å². The summed E-state index contributed by atoms with van der Waals surface area (Å²) >= 11 is 0. The smallest absolute Gasteiger partial charge is 0.0578 e. The summed E-state index contributed by atoms with van der Waals surface area (Å²) in [7, 11) is 0. The normalized spacial score (nSPS) is 9.90. The fourth-order valence-corrected chi connectivity index (χ4v) is 2.01. The van der Waals surface area contributed by atoms with Crippen LogP contribution in [0, 0.1) is 0 Å². The molecule has 0 aliphatic carbocycles. The van der Waals surface area contributed by atoms with Crippen LogP contribution in [0.1, 0.15) is 11.1 Å². The minimum absolute atomic E-state index is 0.662. The Bertz CT molecular complexity index is 514. The van der Waals surface area contributed by atoms with Gasteiger partial charge in [-0.1, -0.05) is 36.4 Å². The van der Waals surface area contributed by atoms with Crippen molar-refractivity contribution in [2.45, 2.75) is 6.42 Å². The zero-order valence-electron chi connectivity index (χ0n) is 12.2. The van der Waals surface area contributed by atoms with Gasteiger partial charge in [0.1, 0.15) is 0 Å². The van der Waals surface area contributed by atoms with E-state index in [9.17, 15) is 0 Å². The van der Waals surface area contributed by atoms with Crippen LogP contribution in [0.2, 0.25) is 0 Å². The Hall–Kier alpha value is -2.48. The summed E-state index contributed by atoms with van der Waals surface area (Å²) in [6.07, 6.45) is 4.52. The van der Waals surface area contributed by atoms with Gasteiger partial charge in [0, 0.05) is 0 Å². The highest BCUT2D eigenvalue weighted by Crippen LogP contribution is 2.16. The molecule has 2 heteroatoms. The van der Waals surface area contributed by atoms with Crippen LogP contribution in [0.25, 0.3) is 0 Å². The fourth-order valence-electron chi connectivity index (χ4n) is 2.01. The Morgan fingerprint density at radius 1 is 0.667 bits per heavy atom. The van der Waals surface area contributed by atoms with Crippen molar-refractivity contribution >= 4 is 11.4 Å². The summed E-state index contributed by atoms with van der Waals surface area (Å²) in [6, 6.07) is 16.7. The van der Waals surface area contributed by atoms with E-state index in [2.05, 4.69) is 48.1 Å². The Kier molecular flexibility index (Phi) is 5.65. The highest BCUT2D eigenvalue weighted by atomic mass is 14.9. The largest absolute Gasteiger partial charge is 0.281 e. The van der Waals surface area contributed by atoms with Crippen molar-refractivity contribution in [3.8, 4) is 0 Å². The molecule has 0 aliphatic heterocycles. The third kappa shape index (κ3) is 4.84. The van der Waals surface area contributed by atoms with Gasteiger partial charge in [-0.25, -0.2) is 0 Å².